The van der Waals surface area contributed by atoms with E-state index in [0.29, 0.717) is 38.7 Å². The number of benzene rings is 1. The van der Waals surface area contributed by atoms with E-state index in [9.17, 15) is 13.5 Å². The number of piperazine rings is 1. The van der Waals surface area contributed by atoms with Crippen LogP contribution in [0.5, 0.6) is 0 Å². The van der Waals surface area contributed by atoms with E-state index in [0.717, 1.165) is 31.4 Å². The molecule has 1 aliphatic carbocycles. The molecule has 1 unspecified atom stereocenters. The third kappa shape index (κ3) is 4.70. The van der Waals surface area contributed by atoms with E-state index < -0.39 is 16.4 Å². The highest BCUT2D eigenvalue weighted by atomic mass is 32.2. The Labute approximate surface area is 214 Å². The van der Waals surface area contributed by atoms with Crippen molar-refractivity contribution >= 4 is 21.7 Å². The first kappa shape index (κ1) is 25.3. The van der Waals surface area contributed by atoms with Gasteiger partial charge in [0.05, 0.1) is 24.3 Å². The molecule has 0 radical (unpaired) electrons. The van der Waals surface area contributed by atoms with Crippen LogP contribution in [-0.2, 0) is 15.6 Å². The SMILES string of the molecule is CN(C)C1(c2ccccc2)CCC2(CC1)CN(c1cnc(N3CCN(S(C)(=O)=O)CC3)nc1)C(O)N2. The van der Waals surface area contributed by atoms with E-state index >= 15 is 0 Å². The Morgan fingerprint density at radius 1 is 1.00 bits per heavy atom. The molecule has 3 heterocycles. The van der Waals surface area contributed by atoms with E-state index in [4.69, 9.17) is 0 Å². The highest BCUT2D eigenvalue weighted by Gasteiger charge is 2.50. The number of aliphatic hydroxyl groups is 1. The molecule has 1 atom stereocenters. The summed E-state index contributed by atoms with van der Waals surface area (Å²) < 4.78 is 25.0. The van der Waals surface area contributed by atoms with E-state index in [1.54, 1.807) is 12.4 Å². The van der Waals surface area contributed by atoms with Crippen LogP contribution in [0.1, 0.15) is 31.2 Å². The maximum absolute atomic E-state index is 11.8. The lowest BCUT2D eigenvalue weighted by molar-refractivity contribution is 0.0513. The number of nitrogens with zero attached hydrogens (tertiary/aromatic N) is 6. The minimum atomic E-state index is -3.18. The molecule has 1 saturated carbocycles. The largest absolute Gasteiger partial charge is 0.361 e. The molecule has 2 N–H and O–H groups in total. The molecule has 2 saturated heterocycles. The minimum Gasteiger partial charge on any atom is -0.361 e. The number of anilines is 2. The number of aliphatic hydroxyl groups excluding tert-OH is 1. The minimum absolute atomic E-state index is 0.00154. The van der Waals surface area contributed by atoms with Gasteiger partial charge in [0.25, 0.3) is 0 Å². The van der Waals surface area contributed by atoms with Crippen LogP contribution in [0.15, 0.2) is 42.7 Å². The van der Waals surface area contributed by atoms with Gasteiger partial charge in [0.15, 0.2) is 6.35 Å². The van der Waals surface area contributed by atoms with Crippen LogP contribution < -0.4 is 15.1 Å². The maximum Gasteiger partial charge on any atom is 0.225 e. The van der Waals surface area contributed by atoms with Crippen molar-refractivity contribution in [2.75, 3.05) is 62.9 Å². The van der Waals surface area contributed by atoms with E-state index in [-0.39, 0.29) is 11.1 Å². The summed E-state index contributed by atoms with van der Waals surface area (Å²) in [7, 11) is 1.15. The quantitative estimate of drug-likeness (QED) is 0.604. The molecular weight excluding hydrogens is 478 g/mol. The van der Waals surface area contributed by atoms with Crippen molar-refractivity contribution < 1.29 is 13.5 Å². The normalized spacial score (nSPS) is 29.9. The van der Waals surface area contributed by atoms with Crippen molar-refractivity contribution in [3.63, 3.8) is 0 Å². The summed E-state index contributed by atoms with van der Waals surface area (Å²) in [6, 6.07) is 10.7. The monoisotopic (exact) mass is 515 g/mol. The fraction of sp³-hybridized carbons (Fsp3) is 0.600. The molecule has 5 rings (SSSR count). The van der Waals surface area contributed by atoms with Crippen molar-refractivity contribution in [3.8, 4) is 0 Å². The Bertz CT molecular complexity index is 1140. The number of sulfonamides is 1. The zero-order valence-electron chi connectivity index (χ0n) is 21.3. The second kappa shape index (κ2) is 9.53. The summed E-state index contributed by atoms with van der Waals surface area (Å²) in [5.74, 6) is 0.583. The van der Waals surface area contributed by atoms with Gasteiger partial charge in [-0.3, -0.25) is 10.2 Å². The Balaban J connectivity index is 1.24. The second-order valence-electron chi connectivity index (χ2n) is 10.6. The van der Waals surface area contributed by atoms with E-state index in [1.807, 2.05) is 9.80 Å². The predicted molar refractivity (Wildman–Crippen MR) is 140 cm³/mol. The van der Waals surface area contributed by atoms with Gasteiger partial charge in [-0.25, -0.2) is 18.4 Å². The summed E-state index contributed by atoms with van der Waals surface area (Å²) in [6.07, 6.45) is 7.89. The van der Waals surface area contributed by atoms with Gasteiger partial charge in [0, 0.05) is 43.8 Å². The molecule has 11 heteroatoms. The van der Waals surface area contributed by atoms with Crippen LogP contribution in [0, 0.1) is 0 Å². The zero-order valence-corrected chi connectivity index (χ0v) is 22.2. The first-order chi connectivity index (χ1) is 17.1. The summed E-state index contributed by atoms with van der Waals surface area (Å²) in [5.41, 5.74) is 1.96. The van der Waals surface area contributed by atoms with Crippen LogP contribution >= 0.6 is 0 Å². The molecule has 1 spiro atoms. The van der Waals surface area contributed by atoms with Crippen LogP contribution in [0.4, 0.5) is 11.6 Å². The van der Waals surface area contributed by atoms with E-state index in [1.165, 1.54) is 16.1 Å². The third-order valence-corrected chi connectivity index (χ3v) is 9.65. The van der Waals surface area contributed by atoms with Crippen molar-refractivity contribution in [2.24, 2.45) is 0 Å². The number of nitrogens with one attached hydrogen (secondary N) is 1. The van der Waals surface area contributed by atoms with Crippen LogP contribution in [0.2, 0.25) is 0 Å². The predicted octanol–water partition coefficient (Wildman–Crippen LogP) is 1.01. The highest BCUT2D eigenvalue weighted by molar-refractivity contribution is 7.88. The lowest BCUT2D eigenvalue weighted by Gasteiger charge is -2.49. The van der Waals surface area contributed by atoms with Gasteiger partial charge in [0.1, 0.15) is 0 Å². The van der Waals surface area contributed by atoms with Gasteiger partial charge in [-0.15, -0.1) is 0 Å². The molecule has 10 nitrogen and oxygen atoms in total. The summed E-state index contributed by atoms with van der Waals surface area (Å²) >= 11 is 0. The van der Waals surface area contributed by atoms with Crippen molar-refractivity contribution in [1.82, 2.24) is 24.5 Å². The molecular formula is C25H37N7O3S. The fourth-order valence-corrected chi connectivity index (χ4v) is 6.90. The van der Waals surface area contributed by atoms with Gasteiger partial charge >= 0.3 is 0 Å². The molecule has 0 amide bonds. The second-order valence-corrected chi connectivity index (χ2v) is 12.6. The molecule has 2 aromatic rings. The summed E-state index contributed by atoms with van der Waals surface area (Å²) in [5, 5.41) is 14.4. The van der Waals surface area contributed by atoms with Crippen molar-refractivity contribution in [2.45, 2.75) is 43.1 Å². The third-order valence-electron chi connectivity index (χ3n) is 8.35. The Morgan fingerprint density at radius 3 is 2.17 bits per heavy atom. The zero-order chi connectivity index (χ0) is 25.6. The number of aromatic nitrogens is 2. The summed E-state index contributed by atoms with van der Waals surface area (Å²) in [4.78, 5) is 15.4. The molecule has 1 aromatic heterocycles. The molecule has 196 valence electrons. The molecule has 0 bridgehead atoms. The number of rotatable bonds is 5. The number of hydrogen-bond acceptors (Lipinski definition) is 9. The van der Waals surface area contributed by atoms with Crippen LogP contribution in [0.3, 0.4) is 0 Å². The fourth-order valence-electron chi connectivity index (χ4n) is 6.08. The van der Waals surface area contributed by atoms with Crippen molar-refractivity contribution in [3.05, 3.63) is 48.3 Å². The molecule has 1 aromatic carbocycles. The Hall–Kier alpha value is -2.31. The molecule has 2 aliphatic heterocycles. The van der Waals surface area contributed by atoms with Gasteiger partial charge in [-0.2, -0.15) is 4.31 Å². The van der Waals surface area contributed by atoms with Gasteiger partial charge in [0.2, 0.25) is 16.0 Å². The molecule has 3 fully saturated rings. The lowest BCUT2D eigenvalue weighted by Crippen LogP contribution is -2.54. The first-order valence-electron chi connectivity index (χ1n) is 12.6. The average Bonchev–Trinajstić information content (AvgIpc) is 3.20. The lowest BCUT2D eigenvalue weighted by atomic mass is 9.69. The summed E-state index contributed by atoms with van der Waals surface area (Å²) in [6.45, 7) is 2.66. The van der Waals surface area contributed by atoms with Gasteiger partial charge in [-0.05, 0) is 45.3 Å². The van der Waals surface area contributed by atoms with Crippen LogP contribution in [0.25, 0.3) is 0 Å². The standard InChI is InChI=1S/C25H37N7O3S/c1-29(2)25(20-7-5-4-6-8-20)11-9-24(10-12-25)19-32(23(33)28-24)21-17-26-22(27-18-21)30-13-15-31(16-14-30)36(3,34)35/h4-8,17-18,23,28,33H,9-16,19H2,1-3H3. The van der Waals surface area contributed by atoms with Crippen LogP contribution in [-0.4, -0.2) is 97.7 Å². The first-order valence-corrected chi connectivity index (χ1v) is 14.4. The average molecular weight is 516 g/mol. The van der Waals surface area contributed by atoms with E-state index in [2.05, 4.69) is 64.6 Å². The molecule has 36 heavy (non-hydrogen) atoms. The Morgan fingerprint density at radius 2 is 1.61 bits per heavy atom. The van der Waals surface area contributed by atoms with Gasteiger partial charge in [-0.1, -0.05) is 30.3 Å². The van der Waals surface area contributed by atoms with Crippen molar-refractivity contribution in [1.29, 1.82) is 0 Å². The number of hydrogen-bond donors (Lipinski definition) is 2. The Kier molecular flexibility index (Phi) is 6.71. The highest BCUT2D eigenvalue weighted by Crippen LogP contribution is 2.46. The van der Waals surface area contributed by atoms with Gasteiger partial charge < -0.3 is 14.9 Å². The smallest absolute Gasteiger partial charge is 0.225 e. The topological polar surface area (TPSA) is 105 Å². The molecule has 3 aliphatic rings. The maximum atomic E-state index is 11.8.